The molecule has 1 heterocycles. The van der Waals surface area contributed by atoms with Crippen molar-refractivity contribution in [2.45, 2.75) is 69.9 Å². The van der Waals surface area contributed by atoms with E-state index in [0.717, 1.165) is 10.5 Å². The van der Waals surface area contributed by atoms with Crippen LogP contribution in [0.4, 0.5) is 5.69 Å². The van der Waals surface area contributed by atoms with Gasteiger partial charge in [0, 0.05) is 10.6 Å². The van der Waals surface area contributed by atoms with E-state index >= 15 is 0 Å². The second kappa shape index (κ2) is 8.96. The first-order valence-corrected chi connectivity index (χ1v) is 12.5. The molecule has 1 aliphatic rings. The van der Waals surface area contributed by atoms with Crippen LogP contribution in [0.25, 0.3) is 0 Å². The molecule has 2 amide bonds. The van der Waals surface area contributed by atoms with E-state index in [1.54, 1.807) is 26.0 Å². The largest absolute Gasteiger partial charge is 0.274 e. The van der Waals surface area contributed by atoms with Crippen molar-refractivity contribution >= 4 is 39.1 Å². The molecule has 1 unspecified atom stereocenters. The van der Waals surface area contributed by atoms with Gasteiger partial charge in [-0.25, -0.2) is 13.3 Å². The standard InChI is InChI=1S/C24H29ClN2O4S/c1-6-24(4,5)27(32(30,31)20-13-9-18(25)10-14-20)21-15-22(28)26(23(21)29)19-11-7-17(8-12-19)16(2)3/h7-14,16,21H,6,15H2,1-5H3. The highest BCUT2D eigenvalue weighted by Crippen LogP contribution is 2.36. The molecule has 1 saturated heterocycles. The first-order chi connectivity index (χ1) is 14.9. The minimum absolute atomic E-state index is 0.0309. The molecule has 0 radical (unpaired) electrons. The topological polar surface area (TPSA) is 74.8 Å². The Labute approximate surface area is 195 Å². The summed E-state index contributed by atoms with van der Waals surface area (Å²) in [7, 11) is -4.08. The summed E-state index contributed by atoms with van der Waals surface area (Å²) in [5, 5.41) is 0.411. The zero-order valence-electron chi connectivity index (χ0n) is 19.0. The highest BCUT2D eigenvalue weighted by molar-refractivity contribution is 7.89. The molecule has 3 rings (SSSR count). The first kappa shape index (κ1) is 24.4. The van der Waals surface area contributed by atoms with Gasteiger partial charge in [-0.05, 0) is 68.1 Å². The molecule has 1 atom stereocenters. The average molecular weight is 477 g/mol. The summed E-state index contributed by atoms with van der Waals surface area (Å²) in [4.78, 5) is 27.5. The molecular weight excluding hydrogens is 448 g/mol. The third kappa shape index (κ3) is 4.47. The minimum Gasteiger partial charge on any atom is -0.274 e. The summed E-state index contributed by atoms with van der Waals surface area (Å²) in [6.45, 7) is 9.50. The van der Waals surface area contributed by atoms with Crippen LogP contribution < -0.4 is 4.90 Å². The number of nitrogens with zero attached hydrogens (tertiary/aromatic N) is 2. The van der Waals surface area contributed by atoms with E-state index in [0.29, 0.717) is 23.0 Å². The zero-order valence-corrected chi connectivity index (χ0v) is 20.6. The lowest BCUT2D eigenvalue weighted by molar-refractivity contribution is -0.122. The fourth-order valence-corrected chi connectivity index (χ4v) is 5.98. The zero-order chi connectivity index (χ0) is 23.8. The van der Waals surface area contributed by atoms with Crippen molar-refractivity contribution in [3.8, 4) is 0 Å². The molecular formula is C24H29ClN2O4S. The Morgan fingerprint density at radius 1 is 1.06 bits per heavy atom. The molecule has 0 N–H and O–H groups in total. The fraction of sp³-hybridized carbons (Fsp3) is 0.417. The Hall–Kier alpha value is -2.22. The molecule has 0 spiro atoms. The number of halogens is 1. The summed E-state index contributed by atoms with van der Waals surface area (Å²) >= 11 is 5.93. The van der Waals surface area contributed by atoms with Gasteiger partial charge < -0.3 is 0 Å². The Morgan fingerprint density at radius 3 is 2.12 bits per heavy atom. The lowest BCUT2D eigenvalue weighted by Crippen LogP contribution is -2.55. The predicted octanol–water partition coefficient (Wildman–Crippen LogP) is 4.97. The van der Waals surface area contributed by atoms with Crippen LogP contribution in [0.5, 0.6) is 0 Å². The van der Waals surface area contributed by atoms with Crippen LogP contribution in [0, 0.1) is 0 Å². The van der Waals surface area contributed by atoms with Crippen LogP contribution in [0.2, 0.25) is 5.02 Å². The molecule has 1 aliphatic heterocycles. The van der Waals surface area contributed by atoms with E-state index in [9.17, 15) is 18.0 Å². The van der Waals surface area contributed by atoms with Gasteiger partial charge in [0.15, 0.2) is 0 Å². The molecule has 6 nitrogen and oxygen atoms in total. The van der Waals surface area contributed by atoms with Gasteiger partial charge in [-0.2, -0.15) is 4.31 Å². The van der Waals surface area contributed by atoms with Gasteiger partial charge in [0.25, 0.3) is 5.91 Å². The van der Waals surface area contributed by atoms with Gasteiger partial charge in [-0.1, -0.05) is 44.5 Å². The number of benzene rings is 2. The van der Waals surface area contributed by atoms with Crippen molar-refractivity contribution in [2.75, 3.05) is 4.90 Å². The van der Waals surface area contributed by atoms with Crippen molar-refractivity contribution < 1.29 is 18.0 Å². The lowest BCUT2D eigenvalue weighted by atomic mass is 10.00. The van der Waals surface area contributed by atoms with Gasteiger partial charge in [-0.3, -0.25) is 9.59 Å². The van der Waals surface area contributed by atoms with E-state index in [-0.39, 0.29) is 11.3 Å². The summed E-state index contributed by atoms with van der Waals surface area (Å²) < 4.78 is 28.5. The highest BCUT2D eigenvalue weighted by Gasteiger charge is 2.51. The molecule has 8 heteroatoms. The van der Waals surface area contributed by atoms with Crippen molar-refractivity contribution in [3.63, 3.8) is 0 Å². The Bertz CT molecular complexity index is 1110. The van der Waals surface area contributed by atoms with Gasteiger partial charge in [0.2, 0.25) is 15.9 Å². The molecule has 172 valence electrons. The Balaban J connectivity index is 2.04. The number of hydrogen-bond acceptors (Lipinski definition) is 4. The number of carbonyl (C=O) groups excluding carboxylic acids is 2. The van der Waals surface area contributed by atoms with Crippen molar-refractivity contribution in [2.24, 2.45) is 0 Å². The molecule has 0 aliphatic carbocycles. The molecule has 32 heavy (non-hydrogen) atoms. The van der Waals surface area contributed by atoms with Crippen LogP contribution in [-0.2, 0) is 19.6 Å². The average Bonchev–Trinajstić information content (AvgIpc) is 3.01. The number of amides is 2. The van der Waals surface area contributed by atoms with Crippen LogP contribution in [0.15, 0.2) is 53.4 Å². The molecule has 0 bridgehead atoms. The van der Waals surface area contributed by atoms with Gasteiger partial charge in [-0.15, -0.1) is 0 Å². The molecule has 2 aromatic rings. The predicted molar refractivity (Wildman–Crippen MR) is 126 cm³/mol. The number of imide groups is 1. The van der Waals surface area contributed by atoms with Crippen LogP contribution >= 0.6 is 11.6 Å². The molecule has 1 fully saturated rings. The molecule has 0 aromatic heterocycles. The summed E-state index contributed by atoms with van der Waals surface area (Å²) in [5.41, 5.74) is 0.643. The smallest absolute Gasteiger partial charge is 0.252 e. The normalized spacial score (nSPS) is 17.6. The quantitative estimate of drug-likeness (QED) is 0.528. The van der Waals surface area contributed by atoms with E-state index in [1.165, 1.54) is 28.6 Å². The Morgan fingerprint density at radius 2 is 1.62 bits per heavy atom. The number of carbonyl (C=O) groups is 2. The third-order valence-corrected chi connectivity index (χ3v) is 8.44. The molecule has 2 aromatic carbocycles. The minimum atomic E-state index is -4.08. The van der Waals surface area contributed by atoms with Crippen molar-refractivity contribution in [3.05, 3.63) is 59.1 Å². The van der Waals surface area contributed by atoms with Crippen molar-refractivity contribution in [1.29, 1.82) is 0 Å². The van der Waals surface area contributed by atoms with E-state index in [4.69, 9.17) is 11.6 Å². The number of hydrogen-bond donors (Lipinski definition) is 0. The maximum absolute atomic E-state index is 13.7. The summed E-state index contributed by atoms with van der Waals surface area (Å²) in [5.74, 6) is -0.640. The maximum atomic E-state index is 13.7. The maximum Gasteiger partial charge on any atom is 0.252 e. The number of anilines is 1. The first-order valence-electron chi connectivity index (χ1n) is 10.7. The Kier molecular flexibility index (Phi) is 6.84. The second-order valence-electron chi connectivity index (χ2n) is 8.95. The third-order valence-electron chi connectivity index (χ3n) is 6.06. The van der Waals surface area contributed by atoms with Gasteiger partial charge in [0.05, 0.1) is 17.0 Å². The number of rotatable bonds is 7. The number of sulfonamides is 1. The second-order valence-corrected chi connectivity index (χ2v) is 11.2. The monoisotopic (exact) mass is 476 g/mol. The van der Waals surface area contributed by atoms with Crippen LogP contribution in [-0.4, -0.2) is 36.1 Å². The van der Waals surface area contributed by atoms with E-state index < -0.39 is 33.4 Å². The fourth-order valence-electron chi connectivity index (χ4n) is 3.87. The van der Waals surface area contributed by atoms with Crippen molar-refractivity contribution in [1.82, 2.24) is 4.31 Å². The highest BCUT2D eigenvalue weighted by atomic mass is 35.5. The summed E-state index contributed by atoms with van der Waals surface area (Å²) in [6, 6.07) is 11.9. The SMILES string of the molecule is CCC(C)(C)N(C1CC(=O)N(c2ccc(C(C)C)cc2)C1=O)S(=O)(=O)c1ccc(Cl)cc1. The van der Waals surface area contributed by atoms with Crippen LogP contribution in [0.3, 0.4) is 0 Å². The van der Waals surface area contributed by atoms with Gasteiger partial charge >= 0.3 is 0 Å². The molecule has 0 saturated carbocycles. The van der Waals surface area contributed by atoms with Gasteiger partial charge in [0.1, 0.15) is 6.04 Å². The van der Waals surface area contributed by atoms with E-state index in [2.05, 4.69) is 13.8 Å². The summed E-state index contributed by atoms with van der Waals surface area (Å²) in [6.07, 6.45) is 0.252. The lowest BCUT2D eigenvalue weighted by Gasteiger charge is -2.39. The van der Waals surface area contributed by atoms with E-state index in [1.807, 2.05) is 19.1 Å². The van der Waals surface area contributed by atoms with Crippen LogP contribution in [0.1, 0.15) is 58.9 Å².